The Morgan fingerprint density at radius 1 is 1.10 bits per heavy atom. The summed E-state index contributed by atoms with van der Waals surface area (Å²) in [7, 11) is 0. The standard InChI is InChI=1S/C23H25FN4O2S/c1-4-28(15(2)3)18-11-9-16(10-12-18)25-21(29)13-17-14-31-23(26-17)27-22(30)19-7-5-6-8-20(19)24/h5-12,14-15H,4,13H2,1-3H3,(H,25,29)(H,26,27,30). The molecule has 6 nitrogen and oxygen atoms in total. The normalized spacial score (nSPS) is 10.7. The molecule has 1 heterocycles. The largest absolute Gasteiger partial charge is 0.369 e. The quantitative estimate of drug-likeness (QED) is 0.520. The van der Waals surface area contributed by atoms with E-state index in [-0.39, 0.29) is 17.9 Å². The molecule has 0 aliphatic heterocycles. The molecule has 1 aromatic heterocycles. The van der Waals surface area contributed by atoms with Gasteiger partial charge in [0.1, 0.15) is 5.82 Å². The number of anilines is 3. The molecule has 0 fully saturated rings. The monoisotopic (exact) mass is 440 g/mol. The third-order valence-electron chi connectivity index (χ3n) is 4.68. The van der Waals surface area contributed by atoms with Gasteiger partial charge in [0, 0.05) is 29.3 Å². The molecule has 0 spiro atoms. The lowest BCUT2D eigenvalue weighted by Crippen LogP contribution is -2.30. The molecule has 0 unspecified atom stereocenters. The number of carbonyl (C=O) groups excluding carboxylic acids is 2. The van der Waals surface area contributed by atoms with Gasteiger partial charge in [-0.05, 0) is 57.2 Å². The third-order valence-corrected chi connectivity index (χ3v) is 5.49. The number of rotatable bonds is 8. The zero-order chi connectivity index (χ0) is 22.4. The molecule has 0 bridgehead atoms. The predicted octanol–water partition coefficient (Wildman–Crippen LogP) is 4.95. The molecule has 0 radical (unpaired) electrons. The van der Waals surface area contributed by atoms with Gasteiger partial charge < -0.3 is 10.2 Å². The smallest absolute Gasteiger partial charge is 0.260 e. The Balaban J connectivity index is 1.56. The molecule has 0 atom stereocenters. The Bertz CT molecular complexity index is 1050. The number of aromatic nitrogens is 1. The van der Waals surface area contributed by atoms with Crippen LogP contribution in [0, 0.1) is 5.82 Å². The lowest BCUT2D eigenvalue weighted by molar-refractivity contribution is -0.115. The first-order chi connectivity index (χ1) is 14.9. The second-order valence-electron chi connectivity index (χ2n) is 7.23. The van der Waals surface area contributed by atoms with Gasteiger partial charge in [-0.3, -0.25) is 14.9 Å². The zero-order valence-corrected chi connectivity index (χ0v) is 18.5. The first-order valence-corrected chi connectivity index (χ1v) is 10.9. The summed E-state index contributed by atoms with van der Waals surface area (Å²) in [5.74, 6) is -1.38. The maximum absolute atomic E-state index is 13.7. The lowest BCUT2D eigenvalue weighted by atomic mass is 10.2. The van der Waals surface area contributed by atoms with E-state index in [4.69, 9.17) is 0 Å². The van der Waals surface area contributed by atoms with Gasteiger partial charge in [-0.1, -0.05) is 12.1 Å². The fraction of sp³-hybridized carbons (Fsp3) is 0.261. The first-order valence-electron chi connectivity index (χ1n) is 10.0. The van der Waals surface area contributed by atoms with Crippen molar-refractivity contribution in [3.63, 3.8) is 0 Å². The van der Waals surface area contributed by atoms with Crippen LogP contribution >= 0.6 is 11.3 Å². The lowest BCUT2D eigenvalue weighted by Gasteiger charge is -2.27. The number of halogens is 1. The number of benzene rings is 2. The fourth-order valence-electron chi connectivity index (χ4n) is 3.21. The van der Waals surface area contributed by atoms with Crippen LogP contribution in [0.3, 0.4) is 0 Å². The highest BCUT2D eigenvalue weighted by Crippen LogP contribution is 2.21. The second-order valence-corrected chi connectivity index (χ2v) is 8.09. The van der Waals surface area contributed by atoms with E-state index >= 15 is 0 Å². The minimum absolute atomic E-state index is 0.0560. The Morgan fingerprint density at radius 3 is 2.45 bits per heavy atom. The van der Waals surface area contributed by atoms with Crippen molar-refractivity contribution in [2.45, 2.75) is 33.2 Å². The molecule has 8 heteroatoms. The van der Waals surface area contributed by atoms with E-state index in [1.807, 2.05) is 24.3 Å². The van der Waals surface area contributed by atoms with Crippen molar-refractivity contribution in [1.82, 2.24) is 4.98 Å². The van der Waals surface area contributed by atoms with E-state index < -0.39 is 11.7 Å². The van der Waals surface area contributed by atoms with Gasteiger partial charge in [-0.2, -0.15) is 0 Å². The number of hydrogen-bond donors (Lipinski definition) is 2. The number of carbonyl (C=O) groups is 2. The Morgan fingerprint density at radius 2 is 1.81 bits per heavy atom. The minimum atomic E-state index is -0.599. The molecule has 2 N–H and O–H groups in total. The number of nitrogens with zero attached hydrogens (tertiary/aromatic N) is 2. The van der Waals surface area contributed by atoms with Gasteiger partial charge in [0.15, 0.2) is 5.13 Å². The van der Waals surface area contributed by atoms with Gasteiger partial charge in [0.2, 0.25) is 5.91 Å². The first kappa shape index (κ1) is 22.4. The van der Waals surface area contributed by atoms with Crippen LogP contribution in [0.15, 0.2) is 53.9 Å². The highest BCUT2D eigenvalue weighted by molar-refractivity contribution is 7.14. The molecule has 0 aliphatic carbocycles. The number of amides is 2. The summed E-state index contributed by atoms with van der Waals surface area (Å²) in [5.41, 5.74) is 2.28. The fourth-order valence-corrected chi connectivity index (χ4v) is 3.91. The van der Waals surface area contributed by atoms with Crippen molar-refractivity contribution in [3.8, 4) is 0 Å². The molecule has 162 valence electrons. The zero-order valence-electron chi connectivity index (χ0n) is 17.7. The summed E-state index contributed by atoms with van der Waals surface area (Å²) in [4.78, 5) is 31.1. The summed E-state index contributed by atoms with van der Waals surface area (Å²) in [6.07, 6.45) is 0.0703. The van der Waals surface area contributed by atoms with Crippen LogP contribution in [-0.4, -0.2) is 29.4 Å². The van der Waals surface area contributed by atoms with Crippen LogP contribution in [0.1, 0.15) is 36.8 Å². The molecule has 2 aromatic carbocycles. The van der Waals surface area contributed by atoms with E-state index in [0.29, 0.717) is 22.6 Å². The highest BCUT2D eigenvalue weighted by Gasteiger charge is 2.14. The van der Waals surface area contributed by atoms with Gasteiger partial charge in [-0.15, -0.1) is 11.3 Å². The van der Waals surface area contributed by atoms with Gasteiger partial charge >= 0.3 is 0 Å². The van der Waals surface area contributed by atoms with Crippen LogP contribution in [0.2, 0.25) is 0 Å². The van der Waals surface area contributed by atoms with Crippen molar-refractivity contribution in [2.24, 2.45) is 0 Å². The third kappa shape index (κ3) is 5.88. The summed E-state index contributed by atoms with van der Waals surface area (Å²) < 4.78 is 13.7. The van der Waals surface area contributed by atoms with Crippen LogP contribution in [0.5, 0.6) is 0 Å². The van der Waals surface area contributed by atoms with Crippen molar-refractivity contribution < 1.29 is 14.0 Å². The van der Waals surface area contributed by atoms with Crippen molar-refractivity contribution >= 4 is 39.7 Å². The molecule has 3 aromatic rings. The van der Waals surface area contributed by atoms with E-state index in [0.717, 1.165) is 12.2 Å². The van der Waals surface area contributed by atoms with E-state index in [1.54, 1.807) is 11.4 Å². The molecular formula is C23H25FN4O2S. The molecule has 0 saturated carbocycles. The summed E-state index contributed by atoms with van der Waals surface area (Å²) in [5, 5.41) is 7.43. The minimum Gasteiger partial charge on any atom is -0.369 e. The van der Waals surface area contributed by atoms with Gasteiger partial charge in [0.25, 0.3) is 5.91 Å². The van der Waals surface area contributed by atoms with E-state index in [2.05, 4.69) is 41.3 Å². The average Bonchev–Trinajstić information content (AvgIpc) is 3.16. The van der Waals surface area contributed by atoms with Crippen LogP contribution in [-0.2, 0) is 11.2 Å². The van der Waals surface area contributed by atoms with Crippen molar-refractivity contribution in [2.75, 3.05) is 22.1 Å². The molecule has 0 aliphatic rings. The summed E-state index contributed by atoms with van der Waals surface area (Å²) in [6.45, 7) is 7.29. The Hall–Kier alpha value is -3.26. The molecule has 2 amide bonds. The summed E-state index contributed by atoms with van der Waals surface area (Å²) >= 11 is 1.19. The van der Waals surface area contributed by atoms with Crippen LogP contribution in [0.4, 0.5) is 20.9 Å². The molecule has 0 saturated heterocycles. The molecule has 3 rings (SSSR count). The van der Waals surface area contributed by atoms with Gasteiger partial charge in [0.05, 0.1) is 17.7 Å². The van der Waals surface area contributed by atoms with E-state index in [9.17, 15) is 14.0 Å². The number of hydrogen-bond acceptors (Lipinski definition) is 5. The van der Waals surface area contributed by atoms with Crippen molar-refractivity contribution in [3.05, 3.63) is 71.0 Å². The Kier molecular flexibility index (Phi) is 7.36. The maximum Gasteiger partial charge on any atom is 0.260 e. The van der Waals surface area contributed by atoms with E-state index in [1.165, 1.54) is 29.5 Å². The molecular weight excluding hydrogens is 415 g/mol. The van der Waals surface area contributed by atoms with Crippen LogP contribution in [0.25, 0.3) is 0 Å². The topological polar surface area (TPSA) is 74.3 Å². The van der Waals surface area contributed by atoms with Crippen molar-refractivity contribution in [1.29, 1.82) is 0 Å². The maximum atomic E-state index is 13.7. The predicted molar refractivity (Wildman–Crippen MR) is 123 cm³/mol. The second kappa shape index (κ2) is 10.2. The Labute approximate surface area is 185 Å². The van der Waals surface area contributed by atoms with Gasteiger partial charge in [-0.25, -0.2) is 9.37 Å². The SMILES string of the molecule is CCN(c1ccc(NC(=O)Cc2csc(NC(=O)c3ccccc3F)n2)cc1)C(C)C. The molecule has 31 heavy (non-hydrogen) atoms. The summed E-state index contributed by atoms with van der Waals surface area (Å²) in [6, 6.07) is 13.8. The number of nitrogens with one attached hydrogen (secondary N) is 2. The average molecular weight is 441 g/mol. The van der Waals surface area contributed by atoms with Crippen LogP contribution < -0.4 is 15.5 Å². The number of thiazole rings is 1. The highest BCUT2D eigenvalue weighted by atomic mass is 32.1.